The van der Waals surface area contributed by atoms with Crippen LogP contribution in [0.4, 0.5) is 13.2 Å². The van der Waals surface area contributed by atoms with Gasteiger partial charge in [-0.3, -0.25) is 19.2 Å². The van der Waals surface area contributed by atoms with Gasteiger partial charge >= 0.3 is 12.1 Å². The number of carboxylic acid groups (broad SMARTS) is 1. The number of hydrogen-bond acceptors (Lipinski definition) is 5. The largest absolute Gasteiger partial charge is 0.477 e. The molecule has 2 aliphatic rings. The number of hydrogen-bond donors (Lipinski definition) is 2. The van der Waals surface area contributed by atoms with Crippen LogP contribution in [0.3, 0.4) is 0 Å². The van der Waals surface area contributed by atoms with Crippen LogP contribution in [0.1, 0.15) is 23.1 Å². The van der Waals surface area contributed by atoms with E-state index in [-0.39, 0.29) is 5.70 Å². The summed E-state index contributed by atoms with van der Waals surface area (Å²) in [7, 11) is 1.06. The first-order chi connectivity index (χ1) is 12.0. The molecular formula is C14H13F3N4O4S. The van der Waals surface area contributed by atoms with Crippen LogP contribution in [0.5, 0.6) is 0 Å². The minimum Gasteiger partial charge on any atom is -0.477 e. The number of halogens is 3. The molecular weight excluding hydrogens is 377 g/mol. The lowest BCUT2D eigenvalue weighted by molar-refractivity contribution is -0.148. The number of carboxylic acids is 1. The number of β-lactam (4-membered cyclic amide) rings is 1. The summed E-state index contributed by atoms with van der Waals surface area (Å²) >= 11 is 1.27. The fourth-order valence-corrected chi connectivity index (χ4v) is 4.13. The van der Waals surface area contributed by atoms with E-state index in [2.05, 4.69) is 10.4 Å². The normalized spacial score (nSPS) is 22.8. The molecule has 0 radical (unpaired) electrons. The van der Waals surface area contributed by atoms with Crippen LogP contribution in [0.15, 0.2) is 17.3 Å². The maximum absolute atomic E-state index is 12.8. The molecule has 0 aliphatic carbocycles. The summed E-state index contributed by atoms with van der Waals surface area (Å²) < 4.78 is 38.9. The molecule has 8 nitrogen and oxygen atoms in total. The van der Waals surface area contributed by atoms with E-state index in [1.165, 1.54) is 11.8 Å². The highest BCUT2D eigenvalue weighted by molar-refractivity contribution is 8.00. The lowest BCUT2D eigenvalue weighted by atomic mass is 10.0. The third-order valence-electron chi connectivity index (χ3n) is 4.05. The number of alkyl halides is 3. The third-order valence-corrected chi connectivity index (χ3v) is 5.48. The Labute approximate surface area is 149 Å². The van der Waals surface area contributed by atoms with Gasteiger partial charge in [0, 0.05) is 18.9 Å². The van der Waals surface area contributed by atoms with E-state index in [4.69, 9.17) is 0 Å². The van der Waals surface area contributed by atoms with Gasteiger partial charge in [-0.2, -0.15) is 18.3 Å². The Morgan fingerprint density at radius 3 is 2.62 bits per heavy atom. The Kier molecular flexibility index (Phi) is 4.25. The first-order valence-corrected chi connectivity index (χ1v) is 8.37. The molecule has 12 heteroatoms. The van der Waals surface area contributed by atoms with Gasteiger partial charge in [0.2, 0.25) is 0 Å². The van der Waals surface area contributed by atoms with Crippen LogP contribution in [0, 0.1) is 0 Å². The van der Waals surface area contributed by atoms with Gasteiger partial charge in [0.1, 0.15) is 22.8 Å². The molecule has 0 spiro atoms. The molecule has 1 aromatic heterocycles. The molecule has 1 fully saturated rings. The second-order valence-electron chi connectivity index (χ2n) is 5.83. The number of aliphatic carboxylic acids is 1. The summed E-state index contributed by atoms with van der Waals surface area (Å²) in [5.41, 5.74) is -1.17. The molecule has 1 aromatic rings. The number of thioether (sulfide) groups is 1. The first-order valence-electron chi connectivity index (χ1n) is 7.32. The van der Waals surface area contributed by atoms with Crippen molar-refractivity contribution in [2.45, 2.75) is 24.5 Å². The molecule has 0 unspecified atom stereocenters. The minimum atomic E-state index is -4.67. The number of nitrogens with zero attached hydrogens (tertiary/aromatic N) is 3. The van der Waals surface area contributed by atoms with Crippen molar-refractivity contribution in [2.75, 3.05) is 5.75 Å². The topological polar surface area (TPSA) is 105 Å². The number of carbonyl (C=O) groups is 3. The summed E-state index contributed by atoms with van der Waals surface area (Å²) in [5, 5.41) is 14.5. The summed E-state index contributed by atoms with van der Waals surface area (Å²) in [6, 6.07) is -0.428. The zero-order valence-corrected chi connectivity index (χ0v) is 14.3. The monoisotopic (exact) mass is 390 g/mol. The lowest BCUT2D eigenvalue weighted by Crippen LogP contribution is -2.70. The highest BCUT2D eigenvalue weighted by Crippen LogP contribution is 2.40. The molecule has 2 N–H and O–H groups in total. The van der Waals surface area contributed by atoms with E-state index < -0.39 is 46.8 Å². The van der Waals surface area contributed by atoms with Gasteiger partial charge in [-0.15, -0.1) is 11.8 Å². The van der Waals surface area contributed by atoms with E-state index in [0.717, 1.165) is 11.9 Å². The fourth-order valence-electron chi connectivity index (χ4n) is 2.83. The highest BCUT2D eigenvalue weighted by atomic mass is 32.2. The molecule has 2 atom stereocenters. The zero-order valence-electron chi connectivity index (χ0n) is 13.5. The van der Waals surface area contributed by atoms with Gasteiger partial charge in [0.15, 0.2) is 5.69 Å². The molecule has 1 saturated heterocycles. The fraction of sp³-hybridized carbons (Fsp3) is 0.429. The minimum absolute atomic E-state index is 0.124. The van der Waals surface area contributed by atoms with Crippen molar-refractivity contribution in [1.82, 2.24) is 20.0 Å². The zero-order chi connectivity index (χ0) is 19.4. The van der Waals surface area contributed by atoms with E-state index in [0.29, 0.717) is 22.1 Å². The molecule has 2 amide bonds. The quantitative estimate of drug-likeness (QED) is 0.741. The third kappa shape index (κ3) is 2.83. The summed E-state index contributed by atoms with van der Waals surface area (Å²) in [5.74, 6) is -2.44. The highest BCUT2D eigenvalue weighted by Gasteiger charge is 2.54. The maximum atomic E-state index is 12.8. The van der Waals surface area contributed by atoms with Crippen molar-refractivity contribution in [3.8, 4) is 0 Å². The van der Waals surface area contributed by atoms with Crippen LogP contribution >= 0.6 is 11.8 Å². The molecule has 26 heavy (non-hydrogen) atoms. The average Bonchev–Trinajstić information content (AvgIpc) is 2.94. The molecule has 140 valence electrons. The maximum Gasteiger partial charge on any atom is 0.433 e. The van der Waals surface area contributed by atoms with Crippen LogP contribution in [-0.4, -0.2) is 54.7 Å². The van der Waals surface area contributed by atoms with Crippen LogP contribution in [-0.2, 0) is 22.8 Å². The number of nitrogens with one attached hydrogen (secondary N) is 1. The number of carbonyl (C=O) groups excluding carboxylic acids is 2. The number of fused-ring (bicyclic) bond motifs is 1. The van der Waals surface area contributed by atoms with Crippen LogP contribution in [0.25, 0.3) is 0 Å². The first kappa shape index (κ1) is 18.3. The summed E-state index contributed by atoms with van der Waals surface area (Å²) in [4.78, 5) is 36.8. The van der Waals surface area contributed by atoms with Gasteiger partial charge in [-0.05, 0) is 12.5 Å². The Hall–Kier alpha value is -2.50. The van der Waals surface area contributed by atoms with E-state index in [9.17, 15) is 32.7 Å². The van der Waals surface area contributed by atoms with Crippen molar-refractivity contribution in [1.29, 1.82) is 0 Å². The Bertz CT molecular complexity index is 848. The van der Waals surface area contributed by atoms with Crippen molar-refractivity contribution in [2.24, 2.45) is 7.05 Å². The summed E-state index contributed by atoms with van der Waals surface area (Å²) in [6.07, 6.45) is -4.67. The predicted molar refractivity (Wildman–Crippen MR) is 82.9 cm³/mol. The molecule has 0 saturated carbocycles. The van der Waals surface area contributed by atoms with Crippen molar-refractivity contribution in [3.05, 3.63) is 28.7 Å². The van der Waals surface area contributed by atoms with Gasteiger partial charge < -0.3 is 10.4 Å². The molecule has 3 heterocycles. The Balaban J connectivity index is 1.77. The van der Waals surface area contributed by atoms with E-state index in [1.807, 2.05) is 0 Å². The number of rotatable bonds is 3. The molecule has 2 aliphatic heterocycles. The second kappa shape index (κ2) is 6.04. The molecule has 0 aromatic carbocycles. The molecule has 0 bridgehead atoms. The van der Waals surface area contributed by atoms with Crippen LogP contribution < -0.4 is 5.32 Å². The van der Waals surface area contributed by atoms with Crippen molar-refractivity contribution < 1.29 is 32.7 Å². The lowest BCUT2D eigenvalue weighted by Gasteiger charge is -2.49. The summed E-state index contributed by atoms with van der Waals surface area (Å²) in [6.45, 7) is 1.60. The second-order valence-corrected chi connectivity index (χ2v) is 6.94. The number of aryl methyl sites for hydroxylation is 1. The average molecular weight is 390 g/mol. The standard InChI is InChI=1S/C14H13F3N4O4S/c1-5-4-26-12-8(11(23)21(12)9(5)13(24)25)18-10(22)6-3-7(14(15,16)17)20(2)19-6/h3,8,12H,4H2,1-2H3,(H,18,22)(H,24,25)/t8-,12-/m1/s1. The molecule has 3 rings (SSSR count). The Morgan fingerprint density at radius 1 is 1.42 bits per heavy atom. The smallest absolute Gasteiger partial charge is 0.433 e. The number of amides is 2. The Morgan fingerprint density at radius 2 is 2.08 bits per heavy atom. The van der Waals surface area contributed by atoms with Gasteiger partial charge in [0.25, 0.3) is 11.8 Å². The van der Waals surface area contributed by atoms with Crippen LogP contribution in [0.2, 0.25) is 0 Å². The van der Waals surface area contributed by atoms with Crippen molar-refractivity contribution in [3.63, 3.8) is 0 Å². The predicted octanol–water partition coefficient (Wildman–Crippen LogP) is 0.811. The van der Waals surface area contributed by atoms with Gasteiger partial charge in [0.05, 0.1) is 0 Å². The van der Waals surface area contributed by atoms with E-state index in [1.54, 1.807) is 6.92 Å². The van der Waals surface area contributed by atoms with Crippen molar-refractivity contribution >= 4 is 29.5 Å². The SMILES string of the molecule is CC1=C(C(=O)O)N2C(=O)[C@@H](NC(=O)c3cc(C(F)(F)F)n(C)n3)[C@H]2SC1. The van der Waals surface area contributed by atoms with E-state index >= 15 is 0 Å². The van der Waals surface area contributed by atoms with Gasteiger partial charge in [-0.1, -0.05) is 0 Å². The number of aromatic nitrogens is 2. The van der Waals surface area contributed by atoms with Gasteiger partial charge in [-0.25, -0.2) is 4.79 Å².